The van der Waals surface area contributed by atoms with Crippen molar-refractivity contribution in [3.05, 3.63) is 86.7 Å². The molecule has 3 aliphatic rings. The van der Waals surface area contributed by atoms with Crippen LogP contribution in [-0.4, -0.2) is 243 Å². The summed E-state index contributed by atoms with van der Waals surface area (Å²) in [6.45, 7) is 16.1. The van der Waals surface area contributed by atoms with Gasteiger partial charge < -0.3 is 114 Å². The smallest absolute Gasteiger partial charge is 0.410 e. The summed E-state index contributed by atoms with van der Waals surface area (Å²) in [5.74, 6) is -5.20. The summed E-state index contributed by atoms with van der Waals surface area (Å²) < 4.78 is 67.7. The van der Waals surface area contributed by atoms with Crippen LogP contribution in [0.25, 0.3) is 22.3 Å². The Kier molecular flexibility index (Phi) is 30.3. The number of para-hydroxylation sites is 1. The minimum atomic E-state index is -2.05. The summed E-state index contributed by atoms with van der Waals surface area (Å²) in [6.07, 6.45) is -10.7. The molecule has 31 heteroatoms. The molecule has 2 aromatic heterocycles. The van der Waals surface area contributed by atoms with Gasteiger partial charge in [0.25, 0.3) is 5.56 Å². The van der Waals surface area contributed by atoms with E-state index in [1.54, 1.807) is 45.3 Å². The Balaban J connectivity index is 0.882. The Hall–Kier alpha value is -7.34. The van der Waals surface area contributed by atoms with Gasteiger partial charge in [0.2, 0.25) is 24.0 Å². The first-order chi connectivity index (χ1) is 46.6. The number of carboxylic acids is 1. The number of nitrogens with two attached hydrogens (primary N) is 1. The lowest BCUT2D eigenvalue weighted by atomic mass is 9.86. The lowest BCUT2D eigenvalue weighted by molar-refractivity contribution is -0.271. The third kappa shape index (κ3) is 21.1. The highest BCUT2D eigenvalue weighted by atomic mass is 16.7. The number of rotatable bonds is 42. The number of aliphatic carboxylic acids is 1. The van der Waals surface area contributed by atoms with E-state index in [1.165, 1.54) is 30.0 Å². The highest BCUT2D eigenvalue weighted by molar-refractivity contribution is 5.99. The Morgan fingerprint density at radius 2 is 1.33 bits per heavy atom. The van der Waals surface area contributed by atoms with Crippen LogP contribution in [0.15, 0.2) is 53.3 Å². The number of nitrogens with one attached hydrogen (secondary N) is 3. The van der Waals surface area contributed by atoms with E-state index in [1.807, 2.05) is 24.3 Å². The number of hydrogen-bond donors (Lipinski definition) is 9. The van der Waals surface area contributed by atoms with Gasteiger partial charge in [-0.05, 0) is 74.9 Å². The fourth-order valence-electron chi connectivity index (χ4n) is 10.8. The number of aromatic nitrogens is 2. The van der Waals surface area contributed by atoms with Gasteiger partial charge in [-0.15, -0.1) is 0 Å². The highest BCUT2D eigenvalue weighted by Crippen LogP contribution is 2.41. The number of carbonyl (C=O) groups is 6. The van der Waals surface area contributed by atoms with Crippen molar-refractivity contribution >= 4 is 52.3 Å². The SMILES string of the molecule is CC[C@@]1(O)C(=O)OCc2c1cc1n(c2=O)Cc2c-1nc1ccccc1c2CCN(C(=O)OCc1ccc(NC(=O)[C@H](C)NC(=O)[C@@H](NC(=O)CCOCCOCCOCCOCCOCCOCCOCCOCCN)C(C)C)c(OC2O[C@H](C(=O)O)[C@@H](O)[C@H](O)[C@H]2O)c1)C(C)C. The van der Waals surface area contributed by atoms with Gasteiger partial charge in [-0.2, -0.15) is 0 Å². The van der Waals surface area contributed by atoms with Crippen molar-refractivity contribution in [2.75, 3.05) is 124 Å². The summed E-state index contributed by atoms with van der Waals surface area (Å²) >= 11 is 0. The van der Waals surface area contributed by atoms with Gasteiger partial charge >= 0.3 is 18.0 Å². The number of benzene rings is 2. The molecule has 8 atom stereocenters. The number of pyridine rings is 2. The maximum Gasteiger partial charge on any atom is 0.410 e. The molecule has 10 N–H and O–H groups in total. The van der Waals surface area contributed by atoms with E-state index >= 15 is 0 Å². The zero-order valence-corrected chi connectivity index (χ0v) is 55.7. The molecule has 1 unspecified atom stereocenters. The summed E-state index contributed by atoms with van der Waals surface area (Å²) in [6, 6.07) is 10.4. The van der Waals surface area contributed by atoms with Crippen molar-refractivity contribution in [1.82, 2.24) is 25.1 Å². The Bertz CT molecular complexity index is 3330. The predicted molar refractivity (Wildman–Crippen MR) is 345 cm³/mol. The van der Waals surface area contributed by atoms with Gasteiger partial charge in [0.05, 0.1) is 140 Å². The number of fused-ring (bicyclic) bond motifs is 5. The fourth-order valence-corrected chi connectivity index (χ4v) is 10.8. The fraction of sp³-hybridized carbons (Fsp3) is 0.606. The van der Waals surface area contributed by atoms with Gasteiger partial charge in [-0.25, -0.2) is 19.4 Å². The van der Waals surface area contributed by atoms with Crippen LogP contribution in [0.2, 0.25) is 0 Å². The van der Waals surface area contributed by atoms with E-state index in [0.717, 1.165) is 16.5 Å². The second kappa shape index (κ2) is 38.1. The van der Waals surface area contributed by atoms with E-state index in [4.69, 9.17) is 67.6 Å². The van der Waals surface area contributed by atoms with E-state index in [9.17, 15) is 59.1 Å². The van der Waals surface area contributed by atoms with Crippen LogP contribution in [0.4, 0.5) is 10.5 Å². The number of aliphatic hydroxyl groups is 4. The number of ether oxygens (including phenoxy) is 12. The molecule has 0 spiro atoms. The number of aliphatic hydroxyl groups excluding tert-OH is 3. The molecule has 7 rings (SSSR count). The molecule has 4 aromatic rings. The lowest BCUT2D eigenvalue weighted by Gasteiger charge is -2.38. The largest absolute Gasteiger partial charge is 0.479 e. The number of hydrogen-bond acceptors (Lipinski definition) is 25. The summed E-state index contributed by atoms with van der Waals surface area (Å²) in [7, 11) is 0. The molecule has 0 aliphatic carbocycles. The van der Waals surface area contributed by atoms with Crippen LogP contribution in [0.3, 0.4) is 0 Å². The summed E-state index contributed by atoms with van der Waals surface area (Å²) in [4.78, 5) is 100. The van der Waals surface area contributed by atoms with E-state index < -0.39 is 108 Å². The molecule has 0 radical (unpaired) electrons. The third-order valence-corrected chi connectivity index (χ3v) is 16.3. The monoisotopic (exact) mass is 1370 g/mol. The van der Waals surface area contributed by atoms with Gasteiger partial charge in [0, 0.05) is 42.1 Å². The molecular formula is C66H93N7O24. The zero-order valence-electron chi connectivity index (χ0n) is 55.7. The average Bonchev–Trinajstić information content (AvgIpc) is 1.58. The first kappa shape index (κ1) is 77.0. The van der Waals surface area contributed by atoms with Crippen molar-refractivity contribution < 1.29 is 111 Å². The van der Waals surface area contributed by atoms with Crippen LogP contribution >= 0.6 is 0 Å². The second-order valence-electron chi connectivity index (χ2n) is 23.8. The molecule has 0 saturated carbocycles. The quantitative estimate of drug-likeness (QED) is 0.0194. The van der Waals surface area contributed by atoms with E-state index in [2.05, 4.69) is 16.0 Å². The molecule has 4 amide bonds. The maximum atomic E-state index is 14.1. The molecule has 536 valence electrons. The second-order valence-corrected chi connectivity index (χ2v) is 23.8. The number of esters is 1. The lowest BCUT2D eigenvalue weighted by Crippen LogP contribution is -2.61. The van der Waals surface area contributed by atoms with Gasteiger partial charge in [-0.1, -0.05) is 45.0 Å². The number of nitrogens with zero attached hydrogens (tertiary/aromatic N) is 3. The molecule has 1 fully saturated rings. The molecule has 3 aliphatic heterocycles. The predicted octanol–water partition coefficient (Wildman–Crippen LogP) is 1.01. The van der Waals surface area contributed by atoms with Crippen LogP contribution in [0, 0.1) is 5.92 Å². The van der Waals surface area contributed by atoms with E-state index in [-0.39, 0.29) is 86.9 Å². The highest BCUT2D eigenvalue weighted by Gasteiger charge is 2.49. The van der Waals surface area contributed by atoms with Gasteiger partial charge in [-0.3, -0.25) is 19.2 Å². The standard InChI is InChI=1S/C66H93N7O24/c1-7-66(85)47-35-50-54-45(36-73(50)61(80)46(47)38-94-64(66)83)43(44-10-8-9-11-48(44)69-54)14-17-72(40(4)5)65(84)95-37-42-12-13-49(51(34-42)96-63-57(77)55(75)56(76)58(97-63)62(81)82)70-59(78)41(6)68-60(79)53(39(2)3)71-52(74)15-18-86-20-22-88-24-26-90-28-30-92-32-33-93-31-29-91-27-25-89-23-21-87-19-16-67/h8-13,34-35,39-41,53,55-58,63,75-77,85H,7,14-33,36-38,67H2,1-6H3,(H,68,79)(H,70,78)(H,71,74)(H,81,82)/t41-,53-,55-,56-,57+,58-,63?,66-/m0/s1. The molecule has 97 heavy (non-hydrogen) atoms. The number of carboxylic acid groups (broad SMARTS) is 1. The topological polar surface area (TPSA) is 415 Å². The normalized spacial score (nSPS) is 19.4. The molecule has 31 nitrogen and oxygen atoms in total. The van der Waals surface area contributed by atoms with Crippen molar-refractivity contribution in [2.24, 2.45) is 11.7 Å². The van der Waals surface area contributed by atoms with Gasteiger partial charge in [0.15, 0.2) is 11.7 Å². The molecular weight excluding hydrogens is 1270 g/mol. The summed E-state index contributed by atoms with van der Waals surface area (Å²) in [5.41, 5.74) is 6.47. The number of anilines is 1. The first-order valence-corrected chi connectivity index (χ1v) is 32.6. The molecule has 0 bridgehead atoms. The summed E-state index contributed by atoms with van der Waals surface area (Å²) in [5, 5.41) is 61.9. The first-order valence-electron chi connectivity index (χ1n) is 32.6. The van der Waals surface area contributed by atoms with E-state index in [0.29, 0.717) is 109 Å². The van der Waals surface area contributed by atoms with Crippen molar-refractivity contribution in [3.63, 3.8) is 0 Å². The van der Waals surface area contributed by atoms with Crippen LogP contribution in [0.5, 0.6) is 5.75 Å². The maximum absolute atomic E-state index is 14.1. The van der Waals surface area contributed by atoms with Crippen molar-refractivity contribution in [1.29, 1.82) is 0 Å². The Labute approximate surface area is 561 Å². The van der Waals surface area contributed by atoms with Crippen molar-refractivity contribution in [3.8, 4) is 17.1 Å². The third-order valence-electron chi connectivity index (χ3n) is 16.3. The van der Waals surface area contributed by atoms with Gasteiger partial charge in [0.1, 0.15) is 49.4 Å². The minimum absolute atomic E-state index is 0.0252. The zero-order chi connectivity index (χ0) is 70.2. The van der Waals surface area contributed by atoms with Crippen LogP contribution in [-0.2, 0) is 108 Å². The number of cyclic esters (lactones) is 1. The van der Waals surface area contributed by atoms with Crippen LogP contribution < -0.4 is 32.0 Å². The molecule has 1 saturated heterocycles. The molecule has 5 heterocycles. The Morgan fingerprint density at radius 1 is 0.742 bits per heavy atom. The number of carbonyl (C=O) groups excluding carboxylic acids is 5. The Morgan fingerprint density at radius 3 is 1.90 bits per heavy atom. The minimum Gasteiger partial charge on any atom is -0.479 e. The molecule has 2 aromatic carbocycles. The van der Waals surface area contributed by atoms with Crippen molar-refractivity contribution in [2.45, 2.75) is 135 Å². The number of amides is 4. The average molecular weight is 1370 g/mol. The van der Waals surface area contributed by atoms with Crippen LogP contribution in [0.1, 0.15) is 82.2 Å².